The van der Waals surface area contributed by atoms with Gasteiger partial charge in [0, 0.05) is 37.1 Å². The van der Waals surface area contributed by atoms with Crippen LogP contribution in [0.3, 0.4) is 0 Å². The van der Waals surface area contributed by atoms with Crippen LogP contribution in [-0.2, 0) is 17.8 Å². The molecule has 0 radical (unpaired) electrons. The number of likely N-dealkylation sites (N-methyl/N-ethyl adjacent to an activating group) is 1. The minimum atomic E-state index is -0.121. The molecule has 5 nitrogen and oxygen atoms in total. The molecule has 0 unspecified atom stereocenters. The van der Waals surface area contributed by atoms with E-state index in [2.05, 4.69) is 29.4 Å². The fourth-order valence-corrected chi connectivity index (χ4v) is 3.67. The van der Waals surface area contributed by atoms with Crippen LogP contribution in [0.2, 0.25) is 0 Å². The van der Waals surface area contributed by atoms with Gasteiger partial charge in [0.05, 0.1) is 12.1 Å². The van der Waals surface area contributed by atoms with E-state index in [1.165, 1.54) is 5.56 Å². The smallest absolute Gasteiger partial charge is 0.251 e. The highest BCUT2D eigenvalue weighted by Crippen LogP contribution is 2.24. The Balaban J connectivity index is 1.61. The number of benzene rings is 2. The van der Waals surface area contributed by atoms with Gasteiger partial charge in [-0.2, -0.15) is 0 Å². The first-order valence-electron chi connectivity index (χ1n) is 9.02. The van der Waals surface area contributed by atoms with Gasteiger partial charge in [0.2, 0.25) is 5.91 Å². The molecule has 6 heteroatoms. The Morgan fingerprint density at radius 3 is 2.57 bits per heavy atom. The van der Waals surface area contributed by atoms with Gasteiger partial charge < -0.3 is 10.2 Å². The van der Waals surface area contributed by atoms with Crippen molar-refractivity contribution >= 4 is 23.2 Å². The van der Waals surface area contributed by atoms with Crippen LogP contribution < -0.4 is 5.32 Å². The number of amides is 2. The number of carbonyl (C=O) groups excluding carboxylic acids is 2. The SMILES string of the molecule is CNC(=O)c1ccc(CN(C)C(=O)Cc2csc(-c3cccc(C)c3)n2)cc1. The van der Waals surface area contributed by atoms with Gasteiger partial charge in [0.25, 0.3) is 5.91 Å². The molecule has 2 aromatic carbocycles. The van der Waals surface area contributed by atoms with E-state index in [0.717, 1.165) is 21.8 Å². The maximum Gasteiger partial charge on any atom is 0.251 e. The first-order chi connectivity index (χ1) is 13.5. The van der Waals surface area contributed by atoms with Crippen molar-refractivity contribution < 1.29 is 9.59 Å². The minimum absolute atomic E-state index is 0.0106. The molecule has 28 heavy (non-hydrogen) atoms. The molecule has 144 valence electrons. The Morgan fingerprint density at radius 2 is 1.89 bits per heavy atom. The van der Waals surface area contributed by atoms with E-state index >= 15 is 0 Å². The van der Waals surface area contributed by atoms with Crippen molar-refractivity contribution in [2.45, 2.75) is 19.9 Å². The van der Waals surface area contributed by atoms with Gasteiger partial charge in [0.15, 0.2) is 0 Å². The van der Waals surface area contributed by atoms with Crippen LogP contribution in [-0.4, -0.2) is 35.8 Å². The van der Waals surface area contributed by atoms with Gasteiger partial charge in [-0.25, -0.2) is 4.98 Å². The largest absolute Gasteiger partial charge is 0.355 e. The number of hydrogen-bond acceptors (Lipinski definition) is 4. The van der Waals surface area contributed by atoms with Crippen molar-refractivity contribution in [3.05, 3.63) is 76.3 Å². The van der Waals surface area contributed by atoms with Crippen LogP contribution in [0, 0.1) is 6.92 Å². The first kappa shape index (κ1) is 19.8. The van der Waals surface area contributed by atoms with Crippen molar-refractivity contribution in [1.82, 2.24) is 15.2 Å². The van der Waals surface area contributed by atoms with E-state index in [4.69, 9.17) is 0 Å². The summed E-state index contributed by atoms with van der Waals surface area (Å²) < 4.78 is 0. The molecule has 1 aromatic heterocycles. The lowest BCUT2D eigenvalue weighted by molar-refractivity contribution is -0.129. The van der Waals surface area contributed by atoms with Crippen molar-refractivity contribution in [3.8, 4) is 10.6 Å². The summed E-state index contributed by atoms with van der Waals surface area (Å²) in [4.78, 5) is 30.5. The molecule has 3 rings (SSSR count). The highest BCUT2D eigenvalue weighted by Gasteiger charge is 2.14. The van der Waals surface area contributed by atoms with Gasteiger partial charge in [-0.05, 0) is 30.7 Å². The molecule has 2 amide bonds. The molecule has 0 aliphatic heterocycles. The average molecular weight is 394 g/mol. The zero-order chi connectivity index (χ0) is 20.1. The van der Waals surface area contributed by atoms with Crippen molar-refractivity contribution in [2.24, 2.45) is 0 Å². The van der Waals surface area contributed by atoms with E-state index in [1.807, 2.05) is 29.6 Å². The summed E-state index contributed by atoms with van der Waals surface area (Å²) >= 11 is 1.56. The van der Waals surface area contributed by atoms with Crippen LogP contribution in [0.15, 0.2) is 53.9 Å². The monoisotopic (exact) mass is 393 g/mol. The summed E-state index contributed by atoms with van der Waals surface area (Å²) in [5.41, 5.74) is 4.63. The van der Waals surface area contributed by atoms with Gasteiger partial charge in [-0.15, -0.1) is 11.3 Å². The molecule has 3 aromatic rings. The lowest BCUT2D eigenvalue weighted by Crippen LogP contribution is -2.27. The molecule has 0 aliphatic rings. The van der Waals surface area contributed by atoms with Crippen molar-refractivity contribution in [2.75, 3.05) is 14.1 Å². The lowest BCUT2D eigenvalue weighted by atomic mass is 10.1. The summed E-state index contributed by atoms with van der Waals surface area (Å²) in [6.45, 7) is 2.54. The van der Waals surface area contributed by atoms with Crippen molar-refractivity contribution in [3.63, 3.8) is 0 Å². The zero-order valence-corrected chi connectivity index (χ0v) is 17.0. The summed E-state index contributed by atoms with van der Waals surface area (Å²) in [7, 11) is 3.38. The average Bonchev–Trinajstić information content (AvgIpc) is 3.16. The second-order valence-corrected chi connectivity index (χ2v) is 7.57. The molecular formula is C22H23N3O2S. The van der Waals surface area contributed by atoms with Crippen LogP contribution in [0.5, 0.6) is 0 Å². The number of aryl methyl sites for hydroxylation is 1. The number of rotatable bonds is 6. The third-order valence-electron chi connectivity index (χ3n) is 4.44. The van der Waals surface area contributed by atoms with Crippen molar-refractivity contribution in [1.29, 1.82) is 0 Å². The second kappa shape index (κ2) is 8.80. The second-order valence-electron chi connectivity index (χ2n) is 6.72. The quantitative estimate of drug-likeness (QED) is 0.695. The Hall–Kier alpha value is -2.99. The van der Waals surface area contributed by atoms with Gasteiger partial charge >= 0.3 is 0 Å². The molecule has 0 fully saturated rings. The number of nitrogens with one attached hydrogen (secondary N) is 1. The fraction of sp³-hybridized carbons (Fsp3) is 0.227. The molecule has 0 saturated heterocycles. The first-order valence-corrected chi connectivity index (χ1v) is 9.90. The number of hydrogen-bond donors (Lipinski definition) is 1. The Labute approximate surface area is 169 Å². The number of thiazole rings is 1. The van der Waals surface area contributed by atoms with Crippen LogP contribution in [0.25, 0.3) is 10.6 Å². The topological polar surface area (TPSA) is 62.3 Å². The van der Waals surface area contributed by atoms with Gasteiger partial charge in [0.1, 0.15) is 5.01 Å². The third-order valence-corrected chi connectivity index (χ3v) is 5.38. The zero-order valence-electron chi connectivity index (χ0n) is 16.2. The molecule has 0 atom stereocenters. The lowest BCUT2D eigenvalue weighted by Gasteiger charge is -2.17. The number of nitrogens with zero attached hydrogens (tertiary/aromatic N) is 2. The fourth-order valence-electron chi connectivity index (χ4n) is 2.86. The highest BCUT2D eigenvalue weighted by atomic mass is 32.1. The van der Waals surface area contributed by atoms with Crippen LogP contribution in [0.4, 0.5) is 0 Å². The van der Waals surface area contributed by atoms with Gasteiger partial charge in [-0.3, -0.25) is 9.59 Å². The van der Waals surface area contributed by atoms with E-state index in [1.54, 1.807) is 42.5 Å². The summed E-state index contributed by atoms with van der Waals surface area (Å²) in [5, 5.41) is 5.47. The molecule has 1 N–H and O–H groups in total. The molecule has 0 bridgehead atoms. The highest BCUT2D eigenvalue weighted by molar-refractivity contribution is 7.13. The van der Waals surface area contributed by atoms with Gasteiger partial charge in [-0.1, -0.05) is 35.9 Å². The maximum absolute atomic E-state index is 12.6. The van der Waals surface area contributed by atoms with E-state index in [-0.39, 0.29) is 18.2 Å². The van der Waals surface area contributed by atoms with E-state index < -0.39 is 0 Å². The predicted molar refractivity (Wildman–Crippen MR) is 112 cm³/mol. The Kier molecular flexibility index (Phi) is 6.21. The number of aromatic nitrogens is 1. The molecule has 1 heterocycles. The molecule has 0 aliphatic carbocycles. The molecule has 0 saturated carbocycles. The number of carbonyl (C=O) groups is 2. The summed E-state index contributed by atoms with van der Waals surface area (Å²) in [6, 6.07) is 15.5. The molecule has 0 spiro atoms. The minimum Gasteiger partial charge on any atom is -0.355 e. The van der Waals surface area contributed by atoms with Crippen LogP contribution in [0.1, 0.15) is 27.2 Å². The van der Waals surface area contributed by atoms with Crippen LogP contribution >= 0.6 is 11.3 Å². The van der Waals surface area contributed by atoms with E-state index in [9.17, 15) is 9.59 Å². The summed E-state index contributed by atoms with van der Waals surface area (Å²) in [6.07, 6.45) is 0.273. The Morgan fingerprint density at radius 1 is 1.14 bits per heavy atom. The molecular weight excluding hydrogens is 370 g/mol. The Bertz CT molecular complexity index is 979. The predicted octanol–water partition coefficient (Wildman–Crippen LogP) is 3.68. The maximum atomic E-state index is 12.6. The standard InChI is InChI=1S/C22H23N3O2S/c1-15-5-4-6-18(11-15)22-24-19(14-28-22)12-20(26)25(3)13-16-7-9-17(10-8-16)21(27)23-2/h4-11,14H,12-13H2,1-3H3,(H,23,27). The van der Waals surface area contributed by atoms with E-state index in [0.29, 0.717) is 12.1 Å². The normalized spacial score (nSPS) is 10.5. The third kappa shape index (κ3) is 4.84. The summed E-state index contributed by atoms with van der Waals surface area (Å²) in [5.74, 6) is -0.111.